The molecule has 2 aliphatic carbocycles. The fourth-order valence-corrected chi connectivity index (χ4v) is 7.64. The number of rotatable bonds is 3. The number of nitrogens with one attached hydrogen (secondary N) is 2. The Labute approximate surface area is 236 Å². The molecule has 0 unspecified atom stereocenters. The van der Waals surface area contributed by atoms with Crippen molar-refractivity contribution >= 4 is 22.6 Å². The van der Waals surface area contributed by atoms with Gasteiger partial charge in [-0.25, -0.2) is 0 Å². The summed E-state index contributed by atoms with van der Waals surface area (Å²) in [4.78, 5) is 32.0. The average molecular weight is 543 g/mol. The molecule has 0 saturated carbocycles. The highest BCUT2D eigenvalue weighted by Crippen LogP contribution is 2.57. The van der Waals surface area contributed by atoms with E-state index >= 15 is 0 Å². The van der Waals surface area contributed by atoms with Gasteiger partial charge in [0.1, 0.15) is 17.6 Å². The molecule has 1 fully saturated rings. The molecule has 2 heterocycles. The second kappa shape index (κ2) is 11.0. The molecule has 0 bridgehead atoms. The number of hydrogen-bond acceptors (Lipinski definition) is 4. The Balaban J connectivity index is 1.66. The van der Waals surface area contributed by atoms with Crippen LogP contribution in [0.1, 0.15) is 58.9 Å². The SMILES string of the molecule is CC[C@@H]1C(C)=C[C@@H]2/C=C\C[C@H](C)/C=C(\C)[C@@H](O)[C@@H](O)/C=C\C(=O)[C@]23C(=O)N[C@@H]([C@H](C)c2c[nH]c4ccccc24)[C@H]13. The lowest BCUT2D eigenvalue weighted by atomic mass is 9.53. The third-order valence-corrected chi connectivity index (χ3v) is 9.70. The van der Waals surface area contributed by atoms with Crippen LogP contribution >= 0.6 is 0 Å². The molecule has 1 saturated heterocycles. The molecule has 0 radical (unpaired) electrons. The number of para-hydroxylation sites is 1. The number of aromatic nitrogens is 1. The molecule has 1 amide bonds. The molecule has 4 N–H and O–H groups in total. The smallest absolute Gasteiger partial charge is 0.235 e. The van der Waals surface area contributed by atoms with Crippen molar-refractivity contribution in [2.75, 3.05) is 0 Å². The second-order valence-corrected chi connectivity index (χ2v) is 12.1. The average Bonchev–Trinajstić information content (AvgIpc) is 3.50. The lowest BCUT2D eigenvalue weighted by molar-refractivity contribution is -0.142. The van der Waals surface area contributed by atoms with E-state index in [0.29, 0.717) is 12.0 Å². The maximum absolute atomic E-state index is 14.4. The number of aliphatic hydroxyl groups excluding tert-OH is 2. The topological polar surface area (TPSA) is 102 Å². The van der Waals surface area contributed by atoms with E-state index in [9.17, 15) is 19.8 Å². The zero-order valence-corrected chi connectivity index (χ0v) is 24.1. The lowest BCUT2D eigenvalue weighted by Gasteiger charge is -2.46. The van der Waals surface area contributed by atoms with Gasteiger partial charge in [0.2, 0.25) is 5.91 Å². The lowest BCUT2D eigenvalue weighted by Crippen LogP contribution is -2.52. The first-order chi connectivity index (χ1) is 19.1. The number of hydrogen-bond donors (Lipinski definition) is 4. The van der Waals surface area contributed by atoms with Crippen LogP contribution in [0.5, 0.6) is 0 Å². The minimum Gasteiger partial charge on any atom is -0.386 e. The van der Waals surface area contributed by atoms with Gasteiger partial charge in [-0.15, -0.1) is 0 Å². The second-order valence-electron chi connectivity index (χ2n) is 12.1. The van der Waals surface area contributed by atoms with Crippen molar-refractivity contribution in [1.82, 2.24) is 10.3 Å². The first-order valence-corrected chi connectivity index (χ1v) is 14.6. The summed E-state index contributed by atoms with van der Waals surface area (Å²) >= 11 is 0. The Morgan fingerprint density at radius 3 is 2.58 bits per heavy atom. The first-order valence-electron chi connectivity index (χ1n) is 14.6. The van der Waals surface area contributed by atoms with E-state index in [4.69, 9.17) is 0 Å². The maximum Gasteiger partial charge on any atom is 0.235 e. The fourth-order valence-electron chi connectivity index (χ4n) is 7.64. The van der Waals surface area contributed by atoms with Gasteiger partial charge in [-0.2, -0.15) is 0 Å². The highest BCUT2D eigenvalue weighted by molar-refractivity contribution is 6.14. The van der Waals surface area contributed by atoms with Crippen molar-refractivity contribution in [2.24, 2.45) is 29.1 Å². The Hall–Kier alpha value is -3.22. The van der Waals surface area contributed by atoms with Gasteiger partial charge in [0, 0.05) is 40.9 Å². The summed E-state index contributed by atoms with van der Waals surface area (Å²) in [6.45, 7) is 10.2. The van der Waals surface area contributed by atoms with E-state index in [2.05, 4.69) is 56.2 Å². The molecular formula is C34H42N2O4. The Kier molecular flexibility index (Phi) is 7.77. The molecule has 1 aromatic carbocycles. The molecule has 212 valence electrons. The van der Waals surface area contributed by atoms with Gasteiger partial charge in [-0.05, 0) is 67.9 Å². The van der Waals surface area contributed by atoms with Crippen molar-refractivity contribution < 1.29 is 19.8 Å². The molecule has 5 rings (SSSR count). The van der Waals surface area contributed by atoms with Gasteiger partial charge >= 0.3 is 0 Å². The van der Waals surface area contributed by atoms with Crippen LogP contribution in [0.15, 0.2) is 78.1 Å². The normalized spacial score (nSPS) is 38.4. The van der Waals surface area contributed by atoms with Crippen LogP contribution in [-0.2, 0) is 9.59 Å². The fraction of sp³-hybridized carbons (Fsp3) is 0.471. The highest BCUT2D eigenvalue weighted by atomic mass is 16.3. The molecule has 2 aromatic rings. The van der Waals surface area contributed by atoms with E-state index in [-0.39, 0.29) is 41.4 Å². The number of carbonyl (C=O) groups excluding carboxylic acids is 2. The number of ketones is 1. The summed E-state index contributed by atoms with van der Waals surface area (Å²) in [6.07, 6.45) is 12.0. The molecule has 6 nitrogen and oxygen atoms in total. The number of allylic oxidation sites excluding steroid dienone is 6. The minimum absolute atomic E-state index is 0.0349. The number of H-pyrrole nitrogens is 1. The molecule has 6 heteroatoms. The number of amides is 1. The van der Waals surface area contributed by atoms with Crippen molar-refractivity contribution in [3.63, 3.8) is 0 Å². The predicted molar refractivity (Wildman–Crippen MR) is 158 cm³/mol. The standard InChI is InChI=1S/C34H42N2O4/c1-6-24-20(3)17-23-11-9-10-19(2)16-21(4)32(39)28(37)14-15-29(38)34(23)30(24)31(36-33(34)40)22(5)26-18-35-27-13-8-7-12-25(26)27/h7-9,11-19,22-24,28,30-32,35,37,39H,6,10H2,1-5H3,(H,36,40)/b11-9-,15-14-,21-16+/t19-,22+,23-,24+,28-,30-,31-,32+,34+/m0/s1. The molecule has 3 aliphatic rings. The van der Waals surface area contributed by atoms with Crippen LogP contribution < -0.4 is 5.32 Å². The van der Waals surface area contributed by atoms with E-state index in [0.717, 1.165) is 22.9 Å². The van der Waals surface area contributed by atoms with Gasteiger partial charge in [0.15, 0.2) is 5.78 Å². The summed E-state index contributed by atoms with van der Waals surface area (Å²) in [6, 6.07) is 7.90. The monoisotopic (exact) mass is 542 g/mol. The van der Waals surface area contributed by atoms with Gasteiger partial charge in [0.25, 0.3) is 0 Å². The molecular weight excluding hydrogens is 500 g/mol. The largest absolute Gasteiger partial charge is 0.386 e. The van der Waals surface area contributed by atoms with Crippen LogP contribution in [-0.4, -0.2) is 45.1 Å². The molecule has 9 atom stereocenters. The van der Waals surface area contributed by atoms with Crippen molar-refractivity contribution in [2.45, 2.75) is 71.6 Å². The Bertz CT molecular complexity index is 1410. The number of aliphatic hydroxyl groups is 2. The zero-order valence-electron chi connectivity index (χ0n) is 24.1. The maximum atomic E-state index is 14.4. The van der Waals surface area contributed by atoms with E-state index in [1.807, 2.05) is 36.5 Å². The number of carbonyl (C=O) groups is 2. The number of aromatic amines is 1. The third kappa shape index (κ3) is 4.51. The van der Waals surface area contributed by atoms with Gasteiger partial charge in [-0.1, -0.05) is 68.8 Å². The Morgan fingerprint density at radius 1 is 1.07 bits per heavy atom. The van der Waals surface area contributed by atoms with E-state index in [1.165, 1.54) is 17.7 Å². The van der Waals surface area contributed by atoms with E-state index in [1.54, 1.807) is 6.92 Å². The Morgan fingerprint density at radius 2 is 1.82 bits per heavy atom. The molecule has 1 aromatic heterocycles. The van der Waals surface area contributed by atoms with Crippen molar-refractivity contribution in [1.29, 1.82) is 0 Å². The molecule has 1 aliphatic heterocycles. The highest BCUT2D eigenvalue weighted by Gasteiger charge is 2.66. The minimum atomic E-state index is -1.34. The number of fused-ring (bicyclic) bond motifs is 1. The number of benzene rings is 1. The van der Waals surface area contributed by atoms with Crippen LogP contribution in [0.3, 0.4) is 0 Å². The van der Waals surface area contributed by atoms with Crippen LogP contribution in [0.25, 0.3) is 10.9 Å². The van der Waals surface area contributed by atoms with Crippen molar-refractivity contribution in [3.8, 4) is 0 Å². The van der Waals surface area contributed by atoms with Gasteiger partial charge < -0.3 is 20.5 Å². The van der Waals surface area contributed by atoms with Crippen molar-refractivity contribution in [3.05, 3.63) is 83.6 Å². The summed E-state index contributed by atoms with van der Waals surface area (Å²) in [5.74, 6) is -1.17. The van der Waals surface area contributed by atoms with Crippen LogP contribution in [0.4, 0.5) is 0 Å². The third-order valence-electron chi connectivity index (χ3n) is 9.70. The summed E-state index contributed by atoms with van der Waals surface area (Å²) < 4.78 is 0. The zero-order chi connectivity index (χ0) is 28.8. The van der Waals surface area contributed by atoms with Gasteiger partial charge in [-0.3, -0.25) is 9.59 Å². The molecule has 1 spiro atoms. The summed E-state index contributed by atoms with van der Waals surface area (Å²) in [5, 5.41) is 25.9. The first kappa shape index (κ1) is 28.3. The van der Waals surface area contributed by atoms with E-state index < -0.39 is 23.5 Å². The summed E-state index contributed by atoms with van der Waals surface area (Å²) in [5.41, 5.74) is 2.68. The predicted octanol–water partition coefficient (Wildman–Crippen LogP) is 5.36. The quantitative estimate of drug-likeness (QED) is 0.310. The van der Waals surface area contributed by atoms with Crippen LogP contribution in [0.2, 0.25) is 0 Å². The van der Waals surface area contributed by atoms with Gasteiger partial charge in [0.05, 0.1) is 0 Å². The van der Waals surface area contributed by atoms with Crippen LogP contribution in [0, 0.1) is 29.1 Å². The molecule has 40 heavy (non-hydrogen) atoms. The summed E-state index contributed by atoms with van der Waals surface area (Å²) in [7, 11) is 0.